The Hall–Kier alpha value is -2.35. The van der Waals surface area contributed by atoms with Gasteiger partial charge in [0.25, 0.3) is 0 Å². The van der Waals surface area contributed by atoms with Crippen LogP contribution in [0.15, 0.2) is 12.4 Å². The number of pyridine rings is 1. The van der Waals surface area contributed by atoms with Crippen LogP contribution in [-0.4, -0.2) is 81.5 Å². The van der Waals surface area contributed by atoms with Gasteiger partial charge in [-0.1, -0.05) is 0 Å². The van der Waals surface area contributed by atoms with Crippen molar-refractivity contribution in [2.75, 3.05) is 24.6 Å². The summed E-state index contributed by atoms with van der Waals surface area (Å²) in [6.45, 7) is 1.23. The van der Waals surface area contributed by atoms with Gasteiger partial charge in [-0.3, -0.25) is 4.79 Å². The Bertz CT molecular complexity index is 871. The molecule has 0 saturated carbocycles. The molecule has 1 aliphatic rings. The molecule has 0 amide bonds. The maximum absolute atomic E-state index is 10.9. The number of aliphatic hydroxyl groups excluding tert-OH is 4. The van der Waals surface area contributed by atoms with Gasteiger partial charge in [0.15, 0.2) is 12.4 Å². The lowest BCUT2D eigenvalue weighted by Gasteiger charge is -2.33. The summed E-state index contributed by atoms with van der Waals surface area (Å²) in [7, 11) is 0. The van der Waals surface area contributed by atoms with Gasteiger partial charge in [0, 0.05) is 25.6 Å². The van der Waals surface area contributed by atoms with Crippen LogP contribution in [0.2, 0.25) is 0 Å². The molecule has 2 rings (SSSR count). The molecule has 9 N–H and O–H groups in total. The van der Waals surface area contributed by atoms with Crippen LogP contribution in [-0.2, 0) is 22.6 Å². The van der Waals surface area contributed by atoms with Crippen molar-refractivity contribution in [2.45, 2.75) is 88.3 Å². The lowest BCUT2D eigenvalue weighted by atomic mass is 9.91. The number of carbonyl (C=O) groups is 2. The minimum Gasteiger partial charge on any atom is -0.548 e. The maximum Gasteiger partial charge on any atom is 0.320 e. The first-order valence-corrected chi connectivity index (χ1v) is 12.5. The fourth-order valence-electron chi connectivity index (χ4n) is 4.47. The molecular formula is C24H40N4O8. The van der Waals surface area contributed by atoms with Crippen molar-refractivity contribution in [3.8, 4) is 0 Å². The van der Waals surface area contributed by atoms with Gasteiger partial charge in [0.2, 0.25) is 0 Å². The molecule has 36 heavy (non-hydrogen) atoms. The summed E-state index contributed by atoms with van der Waals surface area (Å²) >= 11 is 0. The van der Waals surface area contributed by atoms with Crippen LogP contribution in [0.1, 0.15) is 62.2 Å². The number of unbranched alkanes of at least 4 members (excludes halogenated alkanes) is 2. The van der Waals surface area contributed by atoms with E-state index in [4.69, 9.17) is 16.6 Å². The first-order chi connectivity index (χ1) is 17.1. The largest absolute Gasteiger partial charge is 0.548 e. The van der Waals surface area contributed by atoms with Gasteiger partial charge in [-0.15, -0.1) is 0 Å². The van der Waals surface area contributed by atoms with E-state index in [1.165, 1.54) is 0 Å². The zero-order valence-electron chi connectivity index (χ0n) is 20.5. The number of anilines is 1. The van der Waals surface area contributed by atoms with Crippen molar-refractivity contribution in [1.82, 2.24) is 0 Å². The van der Waals surface area contributed by atoms with Crippen molar-refractivity contribution in [3.63, 3.8) is 0 Å². The fourth-order valence-corrected chi connectivity index (χ4v) is 4.47. The van der Waals surface area contributed by atoms with Crippen molar-refractivity contribution < 1.29 is 44.8 Å². The van der Waals surface area contributed by atoms with Crippen LogP contribution in [0.4, 0.5) is 5.69 Å². The molecule has 0 radical (unpaired) electrons. The predicted octanol–water partition coefficient (Wildman–Crippen LogP) is -2.70. The number of fused-ring (bicyclic) bond motifs is 1. The molecule has 0 bridgehead atoms. The van der Waals surface area contributed by atoms with Crippen molar-refractivity contribution >= 4 is 17.6 Å². The van der Waals surface area contributed by atoms with E-state index in [9.17, 15) is 35.1 Å². The first kappa shape index (κ1) is 29.9. The number of aromatic nitrogens is 1. The highest BCUT2D eigenvalue weighted by Gasteiger charge is 2.33. The van der Waals surface area contributed by atoms with Gasteiger partial charge < -0.3 is 51.8 Å². The Morgan fingerprint density at radius 2 is 1.72 bits per heavy atom. The lowest BCUT2D eigenvalue weighted by Crippen LogP contribution is -2.43. The van der Waals surface area contributed by atoms with E-state index in [0.29, 0.717) is 50.8 Å². The highest BCUT2D eigenvalue weighted by molar-refractivity contribution is 5.73. The van der Waals surface area contributed by atoms with Crippen LogP contribution in [0.3, 0.4) is 0 Å². The summed E-state index contributed by atoms with van der Waals surface area (Å²) in [4.78, 5) is 23.9. The molecule has 0 aliphatic carbocycles. The molecule has 12 heteroatoms. The normalized spacial score (nSPS) is 17.7. The summed E-state index contributed by atoms with van der Waals surface area (Å²) in [6, 6.07) is -1.93. The molecule has 1 aliphatic heterocycles. The quantitative estimate of drug-likeness (QED) is 0.0893. The smallest absolute Gasteiger partial charge is 0.320 e. The average Bonchev–Trinajstić information content (AvgIpc) is 2.86. The summed E-state index contributed by atoms with van der Waals surface area (Å²) < 4.78 is 1.86. The number of carboxylic acid groups (broad SMARTS) is 2. The van der Waals surface area contributed by atoms with E-state index in [2.05, 4.69) is 4.90 Å². The average molecular weight is 513 g/mol. The zero-order chi connectivity index (χ0) is 26.8. The molecular weight excluding hydrogens is 472 g/mol. The molecule has 1 aromatic heterocycles. The van der Waals surface area contributed by atoms with E-state index in [-0.39, 0.29) is 6.42 Å². The van der Waals surface area contributed by atoms with E-state index >= 15 is 0 Å². The minimum atomic E-state index is -1.58. The topological polar surface area (TPSA) is 218 Å². The van der Waals surface area contributed by atoms with Gasteiger partial charge in [-0.2, -0.15) is 0 Å². The molecule has 1 aromatic rings. The Labute approximate surface area is 210 Å². The number of aryl methyl sites for hydroxylation is 1. The fraction of sp³-hybridized carbons (Fsp3) is 0.708. The number of rotatable bonds is 16. The van der Waals surface area contributed by atoms with E-state index in [1.54, 1.807) is 6.20 Å². The van der Waals surface area contributed by atoms with Gasteiger partial charge in [-0.25, -0.2) is 4.57 Å². The number of aliphatic carboxylic acids is 2. The Balaban J connectivity index is 2.22. The summed E-state index contributed by atoms with van der Waals surface area (Å²) in [5.41, 5.74) is 13.3. The van der Waals surface area contributed by atoms with E-state index < -0.39 is 48.9 Å². The van der Waals surface area contributed by atoms with Gasteiger partial charge >= 0.3 is 5.97 Å². The SMILES string of the molecule is N[C@@H](CCCC[n+]1cc(C(O)[C@H](O)[C@H](O)CO)c2c(c1)N(CCCC[C@H](N)C(=O)O)CCC2)C(=O)[O-]. The van der Waals surface area contributed by atoms with Gasteiger partial charge in [0.05, 0.1) is 18.1 Å². The first-order valence-electron chi connectivity index (χ1n) is 12.5. The Morgan fingerprint density at radius 3 is 2.36 bits per heavy atom. The molecule has 204 valence electrons. The summed E-state index contributed by atoms with van der Waals surface area (Å²) in [6.07, 6.45) is 3.80. The maximum atomic E-state index is 10.9. The number of nitrogens with two attached hydrogens (primary N) is 2. The Kier molecular flexibility index (Phi) is 12.0. The van der Waals surface area contributed by atoms with Crippen LogP contribution < -0.4 is 26.0 Å². The lowest BCUT2D eigenvalue weighted by molar-refractivity contribution is -0.697. The standard InChI is InChI=1S/C24H40N4O8/c25-17(23(33)34)7-1-3-9-27-12-16(21(31)22(32)20(30)14-29)15-6-5-11-28(19(15)13-27)10-4-2-8-18(26)24(35)36/h12-13,17-18,20-22,29-32H,1-11,14,25-26H2,(H-,33,34,35,36)/t17-,18-,20+,21?,22+/m0/s1. The predicted molar refractivity (Wildman–Crippen MR) is 128 cm³/mol. The molecule has 5 atom stereocenters. The molecule has 0 fully saturated rings. The molecule has 0 spiro atoms. The molecule has 0 saturated heterocycles. The van der Waals surface area contributed by atoms with Crippen molar-refractivity contribution in [3.05, 3.63) is 23.5 Å². The number of nitrogens with zero attached hydrogens (tertiary/aromatic N) is 2. The molecule has 2 heterocycles. The number of carboxylic acids is 2. The highest BCUT2D eigenvalue weighted by Crippen LogP contribution is 2.33. The summed E-state index contributed by atoms with van der Waals surface area (Å²) in [5, 5.41) is 60.2. The molecule has 0 aromatic carbocycles. The van der Waals surface area contributed by atoms with Crippen LogP contribution >= 0.6 is 0 Å². The van der Waals surface area contributed by atoms with Gasteiger partial charge in [-0.05, 0) is 50.5 Å². The number of hydrogen-bond donors (Lipinski definition) is 7. The van der Waals surface area contributed by atoms with Crippen molar-refractivity contribution in [2.24, 2.45) is 11.5 Å². The van der Waals surface area contributed by atoms with Gasteiger partial charge in [0.1, 0.15) is 36.6 Å². The van der Waals surface area contributed by atoms with Crippen LogP contribution in [0, 0.1) is 0 Å². The second-order valence-electron chi connectivity index (χ2n) is 9.45. The van der Waals surface area contributed by atoms with Crippen LogP contribution in [0.5, 0.6) is 0 Å². The van der Waals surface area contributed by atoms with Crippen LogP contribution in [0.25, 0.3) is 0 Å². The molecule has 12 nitrogen and oxygen atoms in total. The third-order valence-corrected chi connectivity index (χ3v) is 6.66. The molecule has 1 unspecified atom stereocenters. The van der Waals surface area contributed by atoms with Crippen molar-refractivity contribution in [1.29, 1.82) is 0 Å². The minimum absolute atomic E-state index is 0.273. The highest BCUT2D eigenvalue weighted by atomic mass is 16.4. The van der Waals surface area contributed by atoms with E-state index in [1.807, 2.05) is 10.8 Å². The Morgan fingerprint density at radius 1 is 1.06 bits per heavy atom. The number of hydrogen-bond acceptors (Lipinski definition) is 10. The third kappa shape index (κ3) is 8.36. The monoisotopic (exact) mass is 512 g/mol. The second kappa shape index (κ2) is 14.4. The second-order valence-corrected chi connectivity index (χ2v) is 9.45. The number of aliphatic hydroxyl groups is 4. The third-order valence-electron chi connectivity index (χ3n) is 6.66. The number of carbonyl (C=O) groups excluding carboxylic acids is 1. The van der Waals surface area contributed by atoms with E-state index in [0.717, 1.165) is 30.6 Å². The zero-order valence-corrected chi connectivity index (χ0v) is 20.5. The summed E-state index contributed by atoms with van der Waals surface area (Å²) in [5.74, 6) is -2.32.